The predicted molar refractivity (Wildman–Crippen MR) is 128 cm³/mol. The molecule has 4 rings (SSSR count). The summed E-state index contributed by atoms with van der Waals surface area (Å²) in [5.74, 6) is -1.08. The number of methoxy groups -OCH3 is 1. The minimum absolute atomic E-state index is 0.0000392. The van der Waals surface area contributed by atoms with Crippen LogP contribution in [0.15, 0.2) is 60.4 Å². The molecule has 0 saturated carbocycles. The molecule has 168 valence electrons. The minimum atomic E-state index is -0.863. The predicted octanol–water partition coefficient (Wildman–Crippen LogP) is 5.30. The molecular formula is C26H23ClN2O4. The van der Waals surface area contributed by atoms with E-state index in [1.165, 1.54) is 4.90 Å². The standard InChI is InChI=1S/C26H23ClN2O4/c1-14-12-21(33-4)15(2)11-18(14)24(30)22-23(17-7-6-10-28-13-17)29(26(32)25(22)31)20-9-5-8-19(27)16(20)3/h5-13,23,30H,1-4H3/b24-22+. The molecule has 2 aromatic carbocycles. The summed E-state index contributed by atoms with van der Waals surface area (Å²) < 4.78 is 5.37. The topological polar surface area (TPSA) is 79.7 Å². The number of carbonyl (C=O) groups excluding carboxylic acids is 2. The Morgan fingerprint density at radius 3 is 2.52 bits per heavy atom. The van der Waals surface area contributed by atoms with Crippen LogP contribution >= 0.6 is 11.6 Å². The van der Waals surface area contributed by atoms with Crippen LogP contribution in [0, 0.1) is 20.8 Å². The second-order valence-electron chi connectivity index (χ2n) is 7.98. The SMILES string of the molecule is COc1cc(C)c(/C(O)=C2\C(=O)C(=O)N(c3cccc(Cl)c3C)C2c2cccnc2)cc1C. The number of benzene rings is 2. The Hall–Kier alpha value is -3.64. The number of aromatic nitrogens is 1. The first kappa shape index (κ1) is 22.6. The highest BCUT2D eigenvalue weighted by molar-refractivity contribution is 6.52. The van der Waals surface area contributed by atoms with Crippen LogP contribution < -0.4 is 9.64 Å². The van der Waals surface area contributed by atoms with Gasteiger partial charge in [-0.3, -0.25) is 19.5 Å². The molecule has 0 spiro atoms. The third-order valence-electron chi connectivity index (χ3n) is 5.94. The van der Waals surface area contributed by atoms with Crippen LogP contribution in [-0.2, 0) is 9.59 Å². The molecule has 1 aliphatic heterocycles. The molecule has 0 radical (unpaired) electrons. The Bertz CT molecular complexity index is 1300. The third-order valence-corrected chi connectivity index (χ3v) is 6.35. The molecule has 0 bridgehead atoms. The first-order valence-corrected chi connectivity index (χ1v) is 10.8. The number of carbonyl (C=O) groups is 2. The van der Waals surface area contributed by atoms with Crippen molar-refractivity contribution >= 4 is 34.7 Å². The lowest BCUT2D eigenvalue weighted by atomic mass is 9.93. The monoisotopic (exact) mass is 462 g/mol. The van der Waals surface area contributed by atoms with Gasteiger partial charge in [-0.05, 0) is 73.4 Å². The normalized spacial score (nSPS) is 17.5. The van der Waals surface area contributed by atoms with Gasteiger partial charge in [-0.2, -0.15) is 0 Å². The van der Waals surface area contributed by atoms with Gasteiger partial charge in [0.25, 0.3) is 11.7 Å². The summed E-state index contributed by atoms with van der Waals surface area (Å²) in [6.07, 6.45) is 3.19. The molecule has 1 N–H and O–H groups in total. The summed E-state index contributed by atoms with van der Waals surface area (Å²) in [4.78, 5) is 32.2. The average molecular weight is 463 g/mol. The lowest BCUT2D eigenvalue weighted by molar-refractivity contribution is -0.132. The number of aliphatic hydroxyl groups is 1. The number of nitrogens with zero attached hydrogens (tertiary/aromatic N) is 2. The number of anilines is 1. The van der Waals surface area contributed by atoms with Gasteiger partial charge >= 0.3 is 0 Å². The van der Waals surface area contributed by atoms with E-state index in [-0.39, 0.29) is 11.3 Å². The number of Topliss-reactive ketones (excluding diaryl/α,β-unsaturated/α-hetero) is 1. The molecule has 33 heavy (non-hydrogen) atoms. The highest BCUT2D eigenvalue weighted by Crippen LogP contribution is 2.44. The summed E-state index contributed by atoms with van der Waals surface area (Å²) in [5.41, 5.74) is 3.72. The Labute approximate surface area is 197 Å². The van der Waals surface area contributed by atoms with Crippen molar-refractivity contribution in [1.29, 1.82) is 0 Å². The fraction of sp³-hybridized carbons (Fsp3) is 0.192. The van der Waals surface area contributed by atoms with Crippen molar-refractivity contribution in [2.75, 3.05) is 12.0 Å². The fourth-order valence-corrected chi connectivity index (χ4v) is 4.37. The second kappa shape index (κ2) is 8.71. The second-order valence-corrected chi connectivity index (χ2v) is 8.38. The van der Waals surface area contributed by atoms with E-state index >= 15 is 0 Å². The van der Waals surface area contributed by atoms with Gasteiger partial charge in [0.2, 0.25) is 0 Å². The summed E-state index contributed by atoms with van der Waals surface area (Å²) in [7, 11) is 1.57. The molecule has 6 nitrogen and oxygen atoms in total. The Morgan fingerprint density at radius 2 is 1.85 bits per heavy atom. The maximum atomic E-state index is 13.3. The lowest BCUT2D eigenvalue weighted by Gasteiger charge is -2.27. The number of hydrogen-bond acceptors (Lipinski definition) is 5. The molecule has 1 atom stereocenters. The van der Waals surface area contributed by atoms with Gasteiger partial charge in [0.15, 0.2) is 0 Å². The maximum absolute atomic E-state index is 13.3. The van der Waals surface area contributed by atoms with E-state index in [2.05, 4.69) is 4.98 Å². The van der Waals surface area contributed by atoms with Crippen molar-refractivity contribution in [2.24, 2.45) is 0 Å². The van der Waals surface area contributed by atoms with E-state index in [1.54, 1.807) is 68.9 Å². The smallest absolute Gasteiger partial charge is 0.300 e. The van der Waals surface area contributed by atoms with Gasteiger partial charge in [-0.1, -0.05) is 23.7 Å². The van der Waals surface area contributed by atoms with Crippen molar-refractivity contribution in [3.63, 3.8) is 0 Å². The van der Waals surface area contributed by atoms with E-state index in [0.29, 0.717) is 38.7 Å². The zero-order valence-corrected chi connectivity index (χ0v) is 19.5. The minimum Gasteiger partial charge on any atom is -0.507 e. The van der Waals surface area contributed by atoms with Gasteiger partial charge in [-0.25, -0.2) is 0 Å². The zero-order valence-electron chi connectivity index (χ0n) is 18.7. The molecule has 1 unspecified atom stereocenters. The molecular weight excluding hydrogens is 440 g/mol. The third kappa shape index (κ3) is 3.76. The van der Waals surface area contributed by atoms with Gasteiger partial charge in [-0.15, -0.1) is 0 Å². The first-order chi connectivity index (χ1) is 15.8. The lowest BCUT2D eigenvalue weighted by Crippen LogP contribution is -2.30. The van der Waals surface area contributed by atoms with Gasteiger partial charge in [0.05, 0.1) is 18.7 Å². The number of pyridine rings is 1. The fourth-order valence-electron chi connectivity index (χ4n) is 4.20. The van der Waals surface area contributed by atoms with Crippen LogP contribution in [0.2, 0.25) is 5.02 Å². The van der Waals surface area contributed by atoms with Crippen molar-refractivity contribution < 1.29 is 19.4 Å². The number of aryl methyl sites for hydroxylation is 2. The zero-order chi connectivity index (χ0) is 23.9. The molecule has 2 heterocycles. The van der Waals surface area contributed by atoms with Gasteiger partial charge < -0.3 is 9.84 Å². The van der Waals surface area contributed by atoms with Gasteiger partial charge in [0, 0.05) is 28.7 Å². The summed E-state index contributed by atoms with van der Waals surface area (Å²) >= 11 is 6.32. The number of ether oxygens (including phenoxy) is 1. The maximum Gasteiger partial charge on any atom is 0.300 e. The summed E-state index contributed by atoms with van der Waals surface area (Å²) in [5, 5.41) is 11.9. The first-order valence-electron chi connectivity index (χ1n) is 10.4. The van der Waals surface area contributed by atoms with Crippen molar-refractivity contribution in [3.8, 4) is 5.75 Å². The molecule has 1 amide bonds. The van der Waals surface area contributed by atoms with Crippen LogP contribution in [0.5, 0.6) is 5.75 Å². The number of halogens is 1. The number of ketones is 1. The quantitative estimate of drug-likeness (QED) is 0.323. The molecule has 1 aliphatic rings. The number of hydrogen-bond donors (Lipinski definition) is 1. The average Bonchev–Trinajstić information content (AvgIpc) is 3.07. The molecule has 1 fully saturated rings. The van der Waals surface area contributed by atoms with E-state index < -0.39 is 17.7 Å². The number of aliphatic hydroxyl groups excluding tert-OH is 1. The number of amides is 1. The van der Waals surface area contributed by atoms with E-state index in [4.69, 9.17) is 16.3 Å². The summed E-state index contributed by atoms with van der Waals surface area (Å²) in [6, 6.07) is 11.4. The van der Waals surface area contributed by atoms with Gasteiger partial charge in [0.1, 0.15) is 11.5 Å². The highest BCUT2D eigenvalue weighted by Gasteiger charge is 2.47. The number of rotatable bonds is 4. The van der Waals surface area contributed by atoms with Crippen molar-refractivity contribution in [1.82, 2.24) is 4.98 Å². The Balaban J connectivity index is 2.00. The largest absolute Gasteiger partial charge is 0.507 e. The Morgan fingerprint density at radius 1 is 1.09 bits per heavy atom. The van der Waals surface area contributed by atoms with Crippen LogP contribution in [0.4, 0.5) is 5.69 Å². The molecule has 1 saturated heterocycles. The Kier molecular flexibility index (Phi) is 5.95. The van der Waals surface area contributed by atoms with Crippen molar-refractivity contribution in [2.45, 2.75) is 26.8 Å². The highest BCUT2D eigenvalue weighted by atomic mass is 35.5. The molecule has 1 aromatic heterocycles. The molecule has 3 aromatic rings. The van der Waals surface area contributed by atoms with Crippen LogP contribution in [-0.4, -0.2) is 28.9 Å². The summed E-state index contributed by atoms with van der Waals surface area (Å²) in [6.45, 7) is 5.45. The van der Waals surface area contributed by atoms with Crippen molar-refractivity contribution in [3.05, 3.63) is 93.3 Å². The molecule has 0 aliphatic carbocycles. The van der Waals surface area contributed by atoms with E-state index in [9.17, 15) is 14.7 Å². The van der Waals surface area contributed by atoms with Crippen LogP contribution in [0.25, 0.3) is 5.76 Å². The van der Waals surface area contributed by atoms with Crippen LogP contribution in [0.1, 0.15) is 33.9 Å². The van der Waals surface area contributed by atoms with Crippen LogP contribution in [0.3, 0.4) is 0 Å². The molecule has 7 heteroatoms. The van der Waals surface area contributed by atoms with E-state index in [1.807, 2.05) is 13.8 Å². The van der Waals surface area contributed by atoms with E-state index in [0.717, 1.165) is 5.56 Å².